The number of nitrogens with zero attached hydrogens (tertiary/aromatic N) is 1. The largest absolute Gasteiger partial charge is 0.448 e. The van der Waals surface area contributed by atoms with Gasteiger partial charge in [-0.25, -0.2) is 22.7 Å². The Kier molecular flexibility index (Phi) is 5.68. The van der Waals surface area contributed by atoms with Gasteiger partial charge in [-0.2, -0.15) is 0 Å². The van der Waals surface area contributed by atoms with Gasteiger partial charge in [0.05, 0.1) is 18.6 Å². The van der Waals surface area contributed by atoms with E-state index in [1.165, 1.54) is 19.1 Å². The molecule has 0 aliphatic heterocycles. The van der Waals surface area contributed by atoms with Crippen molar-refractivity contribution in [1.29, 1.82) is 0 Å². The van der Waals surface area contributed by atoms with Crippen LogP contribution in [0.2, 0.25) is 0 Å². The van der Waals surface area contributed by atoms with Crippen LogP contribution in [0.25, 0.3) is 0 Å². The van der Waals surface area contributed by atoms with Crippen molar-refractivity contribution in [2.75, 3.05) is 13.7 Å². The Bertz CT molecular complexity index is 611. The Balaban J connectivity index is 2.89. The SMILES string of the molecule is CCOC(=O)N(OC)C(=O)NS(=O)(=O)c1ccc(C)cc1. The van der Waals surface area contributed by atoms with Crippen LogP contribution in [0.4, 0.5) is 9.59 Å². The number of sulfonamides is 1. The molecule has 0 unspecified atom stereocenters. The number of carbonyl (C=O) groups excluding carboxylic acids is 2. The van der Waals surface area contributed by atoms with Crippen molar-refractivity contribution in [2.24, 2.45) is 0 Å². The molecule has 0 spiro atoms. The second-order valence-electron chi connectivity index (χ2n) is 3.90. The fraction of sp³-hybridized carbons (Fsp3) is 0.333. The molecule has 1 aromatic carbocycles. The van der Waals surface area contributed by atoms with Crippen LogP contribution in [0.15, 0.2) is 29.2 Å². The van der Waals surface area contributed by atoms with E-state index < -0.39 is 22.1 Å². The summed E-state index contributed by atoms with van der Waals surface area (Å²) in [6.45, 7) is 3.34. The summed E-state index contributed by atoms with van der Waals surface area (Å²) in [4.78, 5) is 27.6. The molecule has 0 saturated carbocycles. The first kappa shape index (κ1) is 16.9. The van der Waals surface area contributed by atoms with E-state index in [9.17, 15) is 18.0 Å². The number of hydrogen-bond donors (Lipinski definition) is 1. The zero-order valence-corrected chi connectivity index (χ0v) is 12.6. The first-order valence-electron chi connectivity index (χ1n) is 5.96. The van der Waals surface area contributed by atoms with E-state index in [4.69, 9.17) is 0 Å². The topological polar surface area (TPSA) is 102 Å². The van der Waals surface area contributed by atoms with Gasteiger partial charge in [0, 0.05) is 0 Å². The standard InChI is InChI=1S/C12H16N2O6S/c1-4-20-12(16)14(19-3)11(15)13-21(17,18)10-7-5-9(2)6-8-10/h5-8H,4H2,1-3H3,(H,13,15). The van der Waals surface area contributed by atoms with Crippen molar-refractivity contribution < 1.29 is 27.6 Å². The van der Waals surface area contributed by atoms with E-state index in [2.05, 4.69) is 9.57 Å². The summed E-state index contributed by atoms with van der Waals surface area (Å²) in [7, 11) is -3.07. The molecule has 0 fully saturated rings. The van der Waals surface area contributed by atoms with E-state index in [1.807, 2.05) is 0 Å². The molecule has 0 saturated heterocycles. The number of amides is 3. The number of nitrogens with one attached hydrogen (secondary N) is 1. The molecule has 0 heterocycles. The number of carbonyl (C=O) groups is 2. The van der Waals surface area contributed by atoms with Crippen LogP contribution in [0.5, 0.6) is 0 Å². The van der Waals surface area contributed by atoms with Gasteiger partial charge >= 0.3 is 12.1 Å². The monoisotopic (exact) mass is 316 g/mol. The molecule has 116 valence electrons. The number of rotatable bonds is 4. The predicted molar refractivity (Wildman–Crippen MR) is 72.8 cm³/mol. The van der Waals surface area contributed by atoms with Crippen molar-refractivity contribution in [3.63, 3.8) is 0 Å². The molecule has 0 bridgehead atoms. The van der Waals surface area contributed by atoms with Crippen LogP contribution >= 0.6 is 0 Å². The molecule has 9 heteroatoms. The number of ether oxygens (including phenoxy) is 1. The summed E-state index contributed by atoms with van der Waals surface area (Å²) in [6.07, 6.45) is -1.11. The van der Waals surface area contributed by atoms with Crippen molar-refractivity contribution in [3.8, 4) is 0 Å². The zero-order valence-electron chi connectivity index (χ0n) is 11.8. The molecule has 1 aromatic rings. The second kappa shape index (κ2) is 7.04. The maximum absolute atomic E-state index is 12.0. The summed E-state index contributed by atoms with van der Waals surface area (Å²) in [5, 5.41) is 0.176. The highest BCUT2D eigenvalue weighted by Gasteiger charge is 2.27. The molecular weight excluding hydrogens is 300 g/mol. The van der Waals surface area contributed by atoms with Gasteiger partial charge in [0.15, 0.2) is 0 Å². The highest BCUT2D eigenvalue weighted by atomic mass is 32.2. The lowest BCUT2D eigenvalue weighted by molar-refractivity contribution is -0.0699. The average molecular weight is 316 g/mol. The van der Waals surface area contributed by atoms with Crippen molar-refractivity contribution >= 4 is 22.1 Å². The summed E-state index contributed by atoms with van der Waals surface area (Å²) < 4.78 is 30.3. The van der Waals surface area contributed by atoms with Gasteiger partial charge in [0.1, 0.15) is 0 Å². The molecule has 0 aromatic heterocycles. The predicted octanol–water partition coefficient (Wildman–Crippen LogP) is 1.41. The molecule has 0 aliphatic rings. The minimum absolute atomic E-state index is 0.0106. The number of imide groups is 1. The summed E-state index contributed by atoms with van der Waals surface area (Å²) in [5.74, 6) is 0. The fourth-order valence-electron chi connectivity index (χ4n) is 1.36. The van der Waals surface area contributed by atoms with Crippen LogP contribution in [-0.2, 0) is 19.6 Å². The Morgan fingerprint density at radius 2 is 1.81 bits per heavy atom. The van der Waals surface area contributed by atoms with E-state index in [1.54, 1.807) is 23.8 Å². The van der Waals surface area contributed by atoms with Gasteiger partial charge in [-0.15, -0.1) is 0 Å². The second-order valence-corrected chi connectivity index (χ2v) is 5.58. The minimum Gasteiger partial charge on any atom is -0.448 e. The Hall–Kier alpha value is -2.13. The lowest BCUT2D eigenvalue weighted by Gasteiger charge is -2.17. The van der Waals surface area contributed by atoms with Crippen LogP contribution < -0.4 is 4.72 Å². The zero-order chi connectivity index (χ0) is 16.0. The molecule has 0 radical (unpaired) electrons. The maximum atomic E-state index is 12.0. The highest BCUT2D eigenvalue weighted by Crippen LogP contribution is 2.10. The minimum atomic E-state index is -4.11. The van der Waals surface area contributed by atoms with Crippen molar-refractivity contribution in [1.82, 2.24) is 9.79 Å². The first-order valence-corrected chi connectivity index (χ1v) is 7.44. The van der Waals surface area contributed by atoms with E-state index in [-0.39, 0.29) is 16.6 Å². The number of benzene rings is 1. The Morgan fingerprint density at radius 1 is 1.24 bits per heavy atom. The summed E-state index contributed by atoms with van der Waals surface area (Å²) >= 11 is 0. The number of urea groups is 1. The molecule has 3 amide bonds. The molecule has 1 N–H and O–H groups in total. The lowest BCUT2D eigenvalue weighted by atomic mass is 10.2. The fourth-order valence-corrected chi connectivity index (χ4v) is 2.28. The van der Waals surface area contributed by atoms with Gasteiger partial charge in [-0.3, -0.25) is 4.84 Å². The Morgan fingerprint density at radius 3 is 2.29 bits per heavy atom. The quantitative estimate of drug-likeness (QED) is 0.843. The smallest absolute Gasteiger partial charge is 0.442 e. The third-order valence-electron chi connectivity index (χ3n) is 2.35. The normalized spacial score (nSPS) is 10.8. The van der Waals surface area contributed by atoms with Crippen LogP contribution in [0.3, 0.4) is 0 Å². The van der Waals surface area contributed by atoms with Gasteiger partial charge in [-0.1, -0.05) is 22.8 Å². The van der Waals surface area contributed by atoms with Crippen molar-refractivity contribution in [2.45, 2.75) is 18.7 Å². The third kappa shape index (κ3) is 4.43. The van der Waals surface area contributed by atoms with Crippen LogP contribution in [-0.4, -0.2) is 39.3 Å². The van der Waals surface area contributed by atoms with Crippen molar-refractivity contribution in [3.05, 3.63) is 29.8 Å². The van der Waals surface area contributed by atoms with Gasteiger partial charge in [0.25, 0.3) is 10.0 Å². The van der Waals surface area contributed by atoms with E-state index in [0.717, 1.165) is 12.7 Å². The highest BCUT2D eigenvalue weighted by molar-refractivity contribution is 7.90. The van der Waals surface area contributed by atoms with Gasteiger partial charge < -0.3 is 4.74 Å². The first-order chi connectivity index (χ1) is 9.81. The number of aryl methyl sites for hydroxylation is 1. The maximum Gasteiger partial charge on any atom is 0.442 e. The third-order valence-corrected chi connectivity index (χ3v) is 3.69. The molecular formula is C12H16N2O6S. The van der Waals surface area contributed by atoms with E-state index >= 15 is 0 Å². The molecule has 0 aliphatic carbocycles. The van der Waals surface area contributed by atoms with E-state index in [0.29, 0.717) is 0 Å². The molecule has 8 nitrogen and oxygen atoms in total. The molecule has 1 rings (SSSR count). The number of hydroxylamine groups is 2. The number of hydrogen-bond acceptors (Lipinski definition) is 6. The Labute approximate surface area is 122 Å². The summed E-state index contributed by atoms with van der Waals surface area (Å²) in [6, 6.07) is 4.58. The molecule has 21 heavy (non-hydrogen) atoms. The van der Waals surface area contributed by atoms with Gasteiger partial charge in [0.2, 0.25) is 0 Å². The van der Waals surface area contributed by atoms with Gasteiger partial charge in [-0.05, 0) is 26.0 Å². The van der Waals surface area contributed by atoms with Crippen LogP contribution in [0.1, 0.15) is 12.5 Å². The average Bonchev–Trinajstić information content (AvgIpc) is 2.39. The van der Waals surface area contributed by atoms with Crippen LogP contribution in [0, 0.1) is 6.92 Å². The summed E-state index contributed by atoms with van der Waals surface area (Å²) in [5.41, 5.74) is 0.866. The lowest BCUT2D eigenvalue weighted by Crippen LogP contribution is -2.45. The molecule has 0 atom stereocenters.